The fourth-order valence-electron chi connectivity index (χ4n) is 1.74. The molecular weight excluding hydrogens is 264 g/mol. The van der Waals surface area contributed by atoms with Crippen molar-refractivity contribution in [2.24, 2.45) is 0 Å². The number of nitrogens with zero attached hydrogens (tertiary/aromatic N) is 3. The zero-order chi connectivity index (χ0) is 13.7. The van der Waals surface area contributed by atoms with Gasteiger partial charge in [0.15, 0.2) is 0 Å². The Balaban J connectivity index is 1.80. The lowest BCUT2D eigenvalue weighted by Gasteiger charge is -2.06. The molecule has 2 aromatic rings. The van der Waals surface area contributed by atoms with Crippen LogP contribution < -0.4 is 5.32 Å². The zero-order valence-corrected chi connectivity index (χ0v) is 11.4. The first-order chi connectivity index (χ1) is 9.15. The van der Waals surface area contributed by atoms with Gasteiger partial charge in [0, 0.05) is 36.7 Å². The summed E-state index contributed by atoms with van der Waals surface area (Å²) in [5, 5.41) is 7.28. The molecule has 100 valence electrons. The van der Waals surface area contributed by atoms with Crippen LogP contribution in [0, 0.1) is 6.92 Å². The van der Waals surface area contributed by atoms with Gasteiger partial charge in [0.2, 0.25) is 0 Å². The second-order valence-electron chi connectivity index (χ2n) is 4.20. The molecule has 2 aromatic heterocycles. The summed E-state index contributed by atoms with van der Waals surface area (Å²) >= 11 is 5.82. The minimum atomic E-state index is -0.132. The molecule has 0 bridgehead atoms. The summed E-state index contributed by atoms with van der Waals surface area (Å²) in [7, 11) is 0. The largest absolute Gasteiger partial charge is 0.352 e. The molecule has 0 unspecified atom stereocenters. The van der Waals surface area contributed by atoms with Crippen molar-refractivity contribution in [1.29, 1.82) is 0 Å². The highest BCUT2D eigenvalue weighted by atomic mass is 35.5. The molecule has 0 aromatic carbocycles. The summed E-state index contributed by atoms with van der Waals surface area (Å²) in [6, 6.07) is 5.16. The number of rotatable bonds is 5. The van der Waals surface area contributed by atoms with Crippen LogP contribution in [0.3, 0.4) is 0 Å². The van der Waals surface area contributed by atoms with Crippen LogP contribution in [0.4, 0.5) is 0 Å². The second kappa shape index (κ2) is 6.33. The molecule has 1 N–H and O–H groups in total. The molecule has 0 aliphatic carbocycles. The van der Waals surface area contributed by atoms with Gasteiger partial charge in [-0.1, -0.05) is 11.6 Å². The maximum atomic E-state index is 11.9. The molecule has 0 aliphatic heterocycles. The minimum Gasteiger partial charge on any atom is -0.352 e. The molecule has 0 radical (unpaired) electrons. The predicted octanol–water partition coefficient (Wildman–Crippen LogP) is 2.06. The molecule has 0 atom stereocenters. The molecule has 6 heteroatoms. The summed E-state index contributed by atoms with van der Waals surface area (Å²) in [6.45, 7) is 3.18. The van der Waals surface area contributed by atoms with Crippen molar-refractivity contribution in [2.45, 2.75) is 19.9 Å². The zero-order valence-electron chi connectivity index (χ0n) is 10.6. The van der Waals surface area contributed by atoms with E-state index >= 15 is 0 Å². The number of carbonyl (C=O) groups excluding carboxylic acids is 1. The highest BCUT2D eigenvalue weighted by Crippen LogP contribution is 2.10. The van der Waals surface area contributed by atoms with Gasteiger partial charge in [-0.25, -0.2) is 4.98 Å². The number of carbonyl (C=O) groups is 1. The van der Waals surface area contributed by atoms with Crippen LogP contribution >= 0.6 is 11.6 Å². The molecule has 0 saturated heterocycles. The molecule has 0 fully saturated rings. The Morgan fingerprint density at radius 1 is 1.47 bits per heavy atom. The first-order valence-corrected chi connectivity index (χ1v) is 6.43. The van der Waals surface area contributed by atoms with E-state index in [1.807, 2.05) is 16.9 Å². The van der Waals surface area contributed by atoms with Crippen LogP contribution in [0.5, 0.6) is 0 Å². The van der Waals surface area contributed by atoms with E-state index in [9.17, 15) is 4.79 Å². The Hall–Kier alpha value is -1.88. The standard InChI is InChI=1S/C13H15ClN4O/c1-10-8-11(9-12(14)17-10)13(19)15-4-2-6-18-7-3-5-16-18/h3,5,7-9H,2,4,6H2,1H3,(H,15,19). The summed E-state index contributed by atoms with van der Waals surface area (Å²) in [5.74, 6) is -0.132. The lowest BCUT2D eigenvalue weighted by Crippen LogP contribution is -2.25. The van der Waals surface area contributed by atoms with E-state index in [1.165, 1.54) is 0 Å². The number of hydrogen-bond acceptors (Lipinski definition) is 3. The topological polar surface area (TPSA) is 59.8 Å². The summed E-state index contributed by atoms with van der Waals surface area (Å²) in [6.07, 6.45) is 4.46. The number of nitrogens with one attached hydrogen (secondary N) is 1. The van der Waals surface area contributed by atoms with E-state index in [4.69, 9.17) is 11.6 Å². The quantitative estimate of drug-likeness (QED) is 0.673. The molecule has 5 nitrogen and oxygen atoms in total. The molecular formula is C13H15ClN4O. The average Bonchev–Trinajstić information content (AvgIpc) is 2.86. The van der Waals surface area contributed by atoms with E-state index in [1.54, 1.807) is 25.3 Å². The predicted molar refractivity (Wildman–Crippen MR) is 73.2 cm³/mol. The highest BCUT2D eigenvalue weighted by Gasteiger charge is 2.07. The van der Waals surface area contributed by atoms with Crippen LogP contribution in [-0.2, 0) is 6.54 Å². The lowest BCUT2D eigenvalue weighted by atomic mass is 10.2. The maximum Gasteiger partial charge on any atom is 0.251 e. The first kappa shape index (κ1) is 13.5. The number of amides is 1. The number of aromatic nitrogens is 3. The number of hydrogen-bond donors (Lipinski definition) is 1. The van der Waals surface area contributed by atoms with Gasteiger partial charge in [0.25, 0.3) is 5.91 Å². The fraction of sp³-hybridized carbons (Fsp3) is 0.308. The third-order valence-electron chi connectivity index (χ3n) is 2.59. The van der Waals surface area contributed by atoms with Crippen molar-refractivity contribution in [2.75, 3.05) is 6.54 Å². The Labute approximate surface area is 116 Å². The van der Waals surface area contributed by atoms with Crippen molar-refractivity contribution in [3.05, 3.63) is 47.0 Å². The molecule has 0 saturated carbocycles. The molecule has 0 aliphatic rings. The normalized spacial score (nSPS) is 10.4. The molecule has 1 amide bonds. The van der Waals surface area contributed by atoms with Gasteiger partial charge in [-0.05, 0) is 31.5 Å². The molecule has 0 spiro atoms. The summed E-state index contributed by atoms with van der Waals surface area (Å²) in [5.41, 5.74) is 1.27. The fourth-order valence-corrected chi connectivity index (χ4v) is 1.99. The van der Waals surface area contributed by atoms with Crippen molar-refractivity contribution in [3.8, 4) is 0 Å². The summed E-state index contributed by atoms with van der Waals surface area (Å²) < 4.78 is 1.83. The van der Waals surface area contributed by atoms with Gasteiger partial charge >= 0.3 is 0 Å². The van der Waals surface area contributed by atoms with Crippen LogP contribution in [0.1, 0.15) is 22.5 Å². The van der Waals surface area contributed by atoms with Crippen molar-refractivity contribution >= 4 is 17.5 Å². The van der Waals surface area contributed by atoms with Crippen LogP contribution in [0.15, 0.2) is 30.6 Å². The van der Waals surface area contributed by atoms with Gasteiger partial charge in [0.1, 0.15) is 5.15 Å². The summed E-state index contributed by atoms with van der Waals surface area (Å²) in [4.78, 5) is 15.9. The molecule has 2 rings (SSSR count). The Morgan fingerprint density at radius 3 is 3.00 bits per heavy atom. The van der Waals surface area contributed by atoms with Gasteiger partial charge < -0.3 is 5.32 Å². The van der Waals surface area contributed by atoms with Crippen molar-refractivity contribution < 1.29 is 4.79 Å². The number of halogens is 1. The van der Waals surface area contributed by atoms with E-state index in [2.05, 4.69) is 15.4 Å². The Bertz CT molecular complexity index is 534. The highest BCUT2D eigenvalue weighted by molar-refractivity contribution is 6.29. The van der Waals surface area contributed by atoms with Gasteiger partial charge in [-0.15, -0.1) is 0 Å². The Morgan fingerprint density at radius 2 is 2.32 bits per heavy atom. The maximum absolute atomic E-state index is 11.9. The third-order valence-corrected chi connectivity index (χ3v) is 2.79. The van der Waals surface area contributed by atoms with Gasteiger partial charge in [-0.3, -0.25) is 9.48 Å². The average molecular weight is 279 g/mol. The van der Waals surface area contributed by atoms with Crippen LogP contribution in [0.25, 0.3) is 0 Å². The van der Waals surface area contributed by atoms with E-state index in [-0.39, 0.29) is 5.91 Å². The van der Waals surface area contributed by atoms with E-state index < -0.39 is 0 Å². The number of aryl methyl sites for hydroxylation is 2. The lowest BCUT2D eigenvalue weighted by molar-refractivity contribution is 0.0952. The first-order valence-electron chi connectivity index (χ1n) is 6.05. The van der Waals surface area contributed by atoms with Crippen LogP contribution in [-0.4, -0.2) is 27.2 Å². The Kier molecular flexibility index (Phi) is 4.52. The smallest absolute Gasteiger partial charge is 0.251 e. The van der Waals surface area contributed by atoms with Gasteiger partial charge in [0.05, 0.1) is 0 Å². The van der Waals surface area contributed by atoms with E-state index in [0.717, 1.165) is 18.7 Å². The van der Waals surface area contributed by atoms with Gasteiger partial charge in [-0.2, -0.15) is 5.10 Å². The SMILES string of the molecule is Cc1cc(C(=O)NCCCn2cccn2)cc(Cl)n1. The second-order valence-corrected chi connectivity index (χ2v) is 4.59. The molecule has 19 heavy (non-hydrogen) atoms. The van der Waals surface area contributed by atoms with Crippen LogP contribution in [0.2, 0.25) is 5.15 Å². The molecule has 2 heterocycles. The van der Waals surface area contributed by atoms with Crippen molar-refractivity contribution in [1.82, 2.24) is 20.1 Å². The minimum absolute atomic E-state index is 0.132. The number of pyridine rings is 1. The van der Waals surface area contributed by atoms with E-state index in [0.29, 0.717) is 17.3 Å². The monoisotopic (exact) mass is 278 g/mol. The third kappa shape index (κ3) is 4.06. The van der Waals surface area contributed by atoms with Crippen molar-refractivity contribution in [3.63, 3.8) is 0 Å².